The fourth-order valence-electron chi connectivity index (χ4n) is 3.56. The Bertz CT molecular complexity index is 1350. The Kier molecular flexibility index (Phi) is 3.75. The molecule has 1 aromatic carbocycles. The van der Waals surface area contributed by atoms with E-state index in [0.29, 0.717) is 30.1 Å². The first kappa shape index (κ1) is 16.4. The highest BCUT2D eigenvalue weighted by Gasteiger charge is 2.17. The number of hydrogen-bond acceptors (Lipinski definition) is 5. The number of fused-ring (bicyclic) bond motifs is 3. The average molecular weight is 371 g/mol. The summed E-state index contributed by atoms with van der Waals surface area (Å²) in [5.74, 6) is 1.26. The molecule has 138 valence electrons. The van der Waals surface area contributed by atoms with Crippen LogP contribution in [0, 0.1) is 0 Å². The molecule has 0 fully saturated rings. The summed E-state index contributed by atoms with van der Waals surface area (Å²) < 4.78 is 5.46. The fourth-order valence-corrected chi connectivity index (χ4v) is 3.56. The Labute approximate surface area is 159 Å². The molecule has 0 N–H and O–H groups in total. The van der Waals surface area contributed by atoms with Gasteiger partial charge in [-0.1, -0.05) is 12.1 Å². The van der Waals surface area contributed by atoms with Crippen molar-refractivity contribution >= 4 is 16.7 Å². The third-order valence-corrected chi connectivity index (χ3v) is 4.87. The number of aromatic nitrogens is 7. The van der Waals surface area contributed by atoms with E-state index in [-0.39, 0.29) is 5.56 Å². The van der Waals surface area contributed by atoms with Gasteiger partial charge in [-0.3, -0.25) is 23.4 Å². The van der Waals surface area contributed by atoms with Crippen LogP contribution in [0.1, 0.15) is 12.7 Å². The van der Waals surface area contributed by atoms with Crippen molar-refractivity contribution in [3.05, 3.63) is 77.2 Å². The van der Waals surface area contributed by atoms with E-state index < -0.39 is 0 Å². The lowest BCUT2D eigenvalue weighted by molar-refractivity contribution is 0.656. The number of para-hydroxylation sites is 1. The minimum Gasteiger partial charge on any atom is -0.277 e. The van der Waals surface area contributed by atoms with Crippen LogP contribution in [-0.4, -0.2) is 33.9 Å². The SMILES string of the molecule is CCn1c(=O)c2ccccc2n2c(Cn3nccc3-c3ccncc3)nnc12. The molecule has 0 aliphatic heterocycles. The van der Waals surface area contributed by atoms with Crippen molar-refractivity contribution in [1.82, 2.24) is 33.9 Å². The molecule has 0 spiro atoms. The van der Waals surface area contributed by atoms with Crippen LogP contribution < -0.4 is 5.56 Å². The Hall–Kier alpha value is -3.81. The quantitative estimate of drug-likeness (QED) is 0.484. The molecule has 4 aromatic heterocycles. The highest BCUT2D eigenvalue weighted by atomic mass is 16.1. The lowest BCUT2D eigenvalue weighted by Crippen LogP contribution is -2.23. The molecule has 0 amide bonds. The van der Waals surface area contributed by atoms with E-state index in [0.717, 1.165) is 16.8 Å². The molecule has 0 unspecified atom stereocenters. The summed E-state index contributed by atoms with van der Waals surface area (Å²) in [5, 5.41) is 13.8. The van der Waals surface area contributed by atoms with E-state index in [2.05, 4.69) is 20.3 Å². The third kappa shape index (κ3) is 2.42. The van der Waals surface area contributed by atoms with E-state index in [4.69, 9.17) is 0 Å². The van der Waals surface area contributed by atoms with Gasteiger partial charge in [0.2, 0.25) is 5.78 Å². The highest BCUT2D eigenvalue weighted by Crippen LogP contribution is 2.20. The van der Waals surface area contributed by atoms with E-state index in [1.165, 1.54) is 0 Å². The van der Waals surface area contributed by atoms with Crippen LogP contribution in [0.25, 0.3) is 27.9 Å². The molecular weight excluding hydrogens is 354 g/mol. The molecule has 5 aromatic rings. The number of nitrogens with zero attached hydrogens (tertiary/aromatic N) is 7. The van der Waals surface area contributed by atoms with Crippen molar-refractivity contribution in [3.8, 4) is 11.3 Å². The largest absolute Gasteiger partial charge is 0.277 e. The van der Waals surface area contributed by atoms with Crippen LogP contribution in [0.4, 0.5) is 0 Å². The van der Waals surface area contributed by atoms with Crippen LogP contribution in [0.15, 0.2) is 65.8 Å². The predicted molar refractivity (Wildman–Crippen MR) is 105 cm³/mol. The summed E-state index contributed by atoms with van der Waals surface area (Å²) >= 11 is 0. The van der Waals surface area contributed by atoms with Crippen LogP contribution in [0.2, 0.25) is 0 Å². The van der Waals surface area contributed by atoms with Crippen LogP contribution in [-0.2, 0) is 13.1 Å². The van der Waals surface area contributed by atoms with E-state index in [1.807, 2.05) is 58.5 Å². The topological polar surface area (TPSA) is 82.9 Å². The van der Waals surface area contributed by atoms with Gasteiger partial charge in [0.1, 0.15) is 6.54 Å². The van der Waals surface area contributed by atoms with Gasteiger partial charge < -0.3 is 0 Å². The van der Waals surface area contributed by atoms with Crippen LogP contribution in [0.3, 0.4) is 0 Å². The van der Waals surface area contributed by atoms with Crippen molar-refractivity contribution in [2.24, 2.45) is 0 Å². The third-order valence-electron chi connectivity index (χ3n) is 4.87. The monoisotopic (exact) mass is 371 g/mol. The molecule has 0 saturated heterocycles. The van der Waals surface area contributed by atoms with Crippen molar-refractivity contribution in [3.63, 3.8) is 0 Å². The maximum absolute atomic E-state index is 12.8. The van der Waals surface area contributed by atoms with E-state index >= 15 is 0 Å². The van der Waals surface area contributed by atoms with Crippen molar-refractivity contribution in [2.75, 3.05) is 0 Å². The Balaban J connectivity index is 1.71. The second kappa shape index (κ2) is 6.41. The van der Waals surface area contributed by atoms with Gasteiger partial charge in [-0.25, -0.2) is 0 Å². The molecular formula is C20H17N7O. The van der Waals surface area contributed by atoms with Gasteiger partial charge in [0.05, 0.1) is 16.6 Å². The zero-order chi connectivity index (χ0) is 19.1. The van der Waals surface area contributed by atoms with Gasteiger partial charge in [0, 0.05) is 30.7 Å². The zero-order valence-corrected chi connectivity index (χ0v) is 15.2. The van der Waals surface area contributed by atoms with Crippen molar-refractivity contribution < 1.29 is 0 Å². The summed E-state index contributed by atoms with van der Waals surface area (Å²) in [4.78, 5) is 16.9. The summed E-state index contributed by atoms with van der Waals surface area (Å²) in [5.41, 5.74) is 2.73. The maximum atomic E-state index is 12.8. The molecule has 0 aliphatic rings. The highest BCUT2D eigenvalue weighted by molar-refractivity contribution is 5.80. The number of pyridine rings is 1. The van der Waals surface area contributed by atoms with Crippen molar-refractivity contribution in [2.45, 2.75) is 20.0 Å². The lowest BCUT2D eigenvalue weighted by atomic mass is 10.2. The molecule has 8 nitrogen and oxygen atoms in total. The standard InChI is InChI=1S/C20H17N7O/c1-2-25-19(28)15-5-3-4-6-17(15)27-18(23-24-20(25)27)13-26-16(9-12-22-26)14-7-10-21-11-8-14/h3-12H,2,13H2,1H3. The summed E-state index contributed by atoms with van der Waals surface area (Å²) in [6, 6.07) is 13.4. The van der Waals surface area contributed by atoms with Gasteiger partial charge in [0.15, 0.2) is 5.82 Å². The van der Waals surface area contributed by atoms with Crippen LogP contribution in [0.5, 0.6) is 0 Å². The number of rotatable bonds is 4. The number of benzene rings is 1. The minimum absolute atomic E-state index is 0.0545. The maximum Gasteiger partial charge on any atom is 0.262 e. The first-order valence-corrected chi connectivity index (χ1v) is 9.05. The lowest BCUT2D eigenvalue weighted by Gasteiger charge is -2.10. The molecule has 0 aliphatic carbocycles. The second-order valence-electron chi connectivity index (χ2n) is 6.43. The molecule has 0 bridgehead atoms. The number of hydrogen-bond donors (Lipinski definition) is 0. The molecule has 0 atom stereocenters. The van der Waals surface area contributed by atoms with Crippen LogP contribution >= 0.6 is 0 Å². The normalized spacial score (nSPS) is 11.5. The fraction of sp³-hybridized carbons (Fsp3) is 0.150. The Morgan fingerprint density at radius 2 is 1.79 bits per heavy atom. The van der Waals surface area contributed by atoms with Gasteiger partial charge in [-0.05, 0) is 37.3 Å². The smallest absolute Gasteiger partial charge is 0.262 e. The molecule has 0 saturated carbocycles. The molecule has 8 heteroatoms. The zero-order valence-electron chi connectivity index (χ0n) is 15.2. The molecule has 0 radical (unpaired) electrons. The van der Waals surface area contributed by atoms with Crippen molar-refractivity contribution in [1.29, 1.82) is 0 Å². The predicted octanol–water partition coefficient (Wildman–Crippen LogP) is 2.37. The molecule has 28 heavy (non-hydrogen) atoms. The minimum atomic E-state index is -0.0545. The summed E-state index contributed by atoms with van der Waals surface area (Å²) in [6.45, 7) is 2.88. The summed E-state index contributed by atoms with van der Waals surface area (Å²) in [7, 11) is 0. The van der Waals surface area contributed by atoms with Gasteiger partial charge >= 0.3 is 0 Å². The first-order chi connectivity index (χ1) is 13.8. The van der Waals surface area contributed by atoms with E-state index in [1.54, 1.807) is 23.2 Å². The first-order valence-electron chi connectivity index (χ1n) is 9.05. The van der Waals surface area contributed by atoms with E-state index in [9.17, 15) is 4.79 Å². The Morgan fingerprint density at radius 3 is 2.61 bits per heavy atom. The van der Waals surface area contributed by atoms with Gasteiger partial charge in [-0.2, -0.15) is 5.10 Å². The second-order valence-corrected chi connectivity index (χ2v) is 6.43. The number of aryl methyl sites for hydroxylation is 1. The Morgan fingerprint density at radius 1 is 0.964 bits per heavy atom. The summed E-state index contributed by atoms with van der Waals surface area (Å²) in [6.07, 6.45) is 5.28. The van der Waals surface area contributed by atoms with Gasteiger partial charge in [-0.15, -0.1) is 10.2 Å². The molecule has 4 heterocycles. The average Bonchev–Trinajstić information content (AvgIpc) is 3.37. The van der Waals surface area contributed by atoms with Gasteiger partial charge in [0.25, 0.3) is 5.56 Å². The molecule has 5 rings (SSSR count).